The molecule has 0 spiro atoms. The Morgan fingerprint density at radius 3 is 2.40 bits per heavy atom. The molecule has 0 aliphatic carbocycles. The molecule has 132 valence electrons. The van der Waals surface area contributed by atoms with Gasteiger partial charge in [0.25, 0.3) is 5.91 Å². The van der Waals surface area contributed by atoms with Crippen LogP contribution in [-0.2, 0) is 4.74 Å². The standard InChI is InChI=1S/C20H23ClN2O2/c1-14(2)15-3-5-16(6-4-15)20(24)22-17-7-8-19(18(21)13-17)23-9-11-25-12-10-23/h3-8,13-14H,9-12H2,1-2H3,(H,22,24). The van der Waals surface area contributed by atoms with Gasteiger partial charge in [0.05, 0.1) is 23.9 Å². The number of carbonyl (C=O) groups excluding carboxylic acids is 1. The van der Waals surface area contributed by atoms with Gasteiger partial charge >= 0.3 is 0 Å². The summed E-state index contributed by atoms with van der Waals surface area (Å²) in [5.41, 5.74) is 3.52. The Kier molecular flexibility index (Phi) is 5.61. The summed E-state index contributed by atoms with van der Waals surface area (Å²) in [6, 6.07) is 13.3. The van der Waals surface area contributed by atoms with E-state index in [9.17, 15) is 4.79 Å². The van der Waals surface area contributed by atoms with Crippen molar-refractivity contribution in [1.29, 1.82) is 0 Å². The molecule has 0 atom stereocenters. The second-order valence-electron chi connectivity index (χ2n) is 6.50. The number of rotatable bonds is 4. The van der Waals surface area contributed by atoms with Gasteiger partial charge < -0.3 is 15.0 Å². The number of morpholine rings is 1. The van der Waals surface area contributed by atoms with Gasteiger partial charge in [-0.2, -0.15) is 0 Å². The van der Waals surface area contributed by atoms with E-state index in [1.807, 2.05) is 36.4 Å². The number of anilines is 2. The van der Waals surface area contributed by atoms with Crippen molar-refractivity contribution in [2.45, 2.75) is 19.8 Å². The Bertz CT molecular complexity index is 738. The fourth-order valence-electron chi connectivity index (χ4n) is 2.87. The summed E-state index contributed by atoms with van der Waals surface area (Å²) in [4.78, 5) is 14.6. The van der Waals surface area contributed by atoms with Crippen LogP contribution in [0.1, 0.15) is 35.7 Å². The molecule has 1 saturated heterocycles. The maximum Gasteiger partial charge on any atom is 0.255 e. The van der Waals surface area contributed by atoms with Gasteiger partial charge in [-0.25, -0.2) is 0 Å². The molecule has 0 saturated carbocycles. The molecule has 1 aliphatic heterocycles. The highest BCUT2D eigenvalue weighted by Crippen LogP contribution is 2.29. The third-order valence-electron chi connectivity index (χ3n) is 4.40. The molecule has 2 aromatic carbocycles. The highest BCUT2D eigenvalue weighted by atomic mass is 35.5. The molecule has 25 heavy (non-hydrogen) atoms. The first-order valence-electron chi connectivity index (χ1n) is 8.58. The minimum absolute atomic E-state index is 0.134. The molecular weight excluding hydrogens is 336 g/mol. The van der Waals surface area contributed by atoms with Gasteiger partial charge in [0.2, 0.25) is 0 Å². The van der Waals surface area contributed by atoms with E-state index >= 15 is 0 Å². The van der Waals surface area contributed by atoms with Crippen LogP contribution in [0.3, 0.4) is 0 Å². The van der Waals surface area contributed by atoms with Crippen molar-refractivity contribution >= 4 is 28.9 Å². The van der Waals surface area contributed by atoms with Crippen molar-refractivity contribution in [3.8, 4) is 0 Å². The van der Waals surface area contributed by atoms with E-state index in [0.717, 1.165) is 18.8 Å². The summed E-state index contributed by atoms with van der Waals surface area (Å²) in [5.74, 6) is 0.314. The summed E-state index contributed by atoms with van der Waals surface area (Å²) in [7, 11) is 0. The van der Waals surface area contributed by atoms with Gasteiger partial charge in [-0.3, -0.25) is 4.79 Å². The van der Waals surface area contributed by atoms with E-state index in [1.165, 1.54) is 5.56 Å². The quantitative estimate of drug-likeness (QED) is 0.871. The Labute approximate surface area is 153 Å². The number of hydrogen-bond acceptors (Lipinski definition) is 3. The number of carbonyl (C=O) groups is 1. The van der Waals surface area contributed by atoms with Crippen LogP contribution in [0.5, 0.6) is 0 Å². The Morgan fingerprint density at radius 2 is 1.80 bits per heavy atom. The molecular formula is C20H23ClN2O2. The van der Waals surface area contributed by atoms with Gasteiger partial charge in [0.1, 0.15) is 0 Å². The Hall–Kier alpha value is -2.04. The van der Waals surface area contributed by atoms with Crippen molar-refractivity contribution in [3.05, 3.63) is 58.6 Å². The predicted octanol–water partition coefficient (Wildman–Crippen LogP) is 4.55. The Morgan fingerprint density at radius 1 is 1.12 bits per heavy atom. The van der Waals surface area contributed by atoms with E-state index in [1.54, 1.807) is 6.07 Å². The zero-order chi connectivity index (χ0) is 17.8. The van der Waals surface area contributed by atoms with Crippen molar-refractivity contribution < 1.29 is 9.53 Å². The molecule has 1 fully saturated rings. The van der Waals surface area contributed by atoms with Crippen LogP contribution in [0.2, 0.25) is 5.02 Å². The first-order chi connectivity index (χ1) is 12.0. The number of nitrogens with zero attached hydrogens (tertiary/aromatic N) is 1. The van der Waals surface area contributed by atoms with Gasteiger partial charge in [-0.05, 0) is 41.8 Å². The van der Waals surface area contributed by atoms with Crippen LogP contribution < -0.4 is 10.2 Å². The van der Waals surface area contributed by atoms with E-state index in [2.05, 4.69) is 24.1 Å². The van der Waals surface area contributed by atoms with Crippen molar-refractivity contribution in [2.75, 3.05) is 36.5 Å². The lowest BCUT2D eigenvalue weighted by Gasteiger charge is -2.29. The lowest BCUT2D eigenvalue weighted by Crippen LogP contribution is -2.36. The number of ether oxygens (including phenoxy) is 1. The monoisotopic (exact) mass is 358 g/mol. The lowest BCUT2D eigenvalue weighted by atomic mass is 10.0. The second-order valence-corrected chi connectivity index (χ2v) is 6.90. The van der Waals surface area contributed by atoms with Crippen molar-refractivity contribution in [1.82, 2.24) is 0 Å². The maximum atomic E-state index is 12.4. The molecule has 1 N–H and O–H groups in total. The molecule has 4 nitrogen and oxygen atoms in total. The number of hydrogen-bond donors (Lipinski definition) is 1. The number of nitrogens with one attached hydrogen (secondary N) is 1. The van der Waals surface area contributed by atoms with Gasteiger partial charge in [-0.1, -0.05) is 37.6 Å². The fourth-order valence-corrected chi connectivity index (χ4v) is 3.17. The fraction of sp³-hybridized carbons (Fsp3) is 0.350. The third-order valence-corrected chi connectivity index (χ3v) is 4.70. The highest BCUT2D eigenvalue weighted by molar-refractivity contribution is 6.33. The van der Waals surface area contributed by atoms with Gasteiger partial charge in [0, 0.05) is 24.3 Å². The molecule has 1 heterocycles. The first-order valence-corrected chi connectivity index (χ1v) is 8.96. The Balaban J connectivity index is 1.69. The summed E-state index contributed by atoms with van der Waals surface area (Å²) in [6.07, 6.45) is 0. The molecule has 1 aliphatic rings. The average Bonchev–Trinajstić information content (AvgIpc) is 2.62. The molecule has 0 unspecified atom stereocenters. The minimum atomic E-state index is -0.134. The van der Waals surface area contributed by atoms with Crippen molar-refractivity contribution in [3.63, 3.8) is 0 Å². The summed E-state index contributed by atoms with van der Waals surface area (Å²) in [6.45, 7) is 7.34. The maximum absolute atomic E-state index is 12.4. The molecule has 0 bridgehead atoms. The normalized spacial score (nSPS) is 14.6. The van der Waals surface area contributed by atoms with Crippen LogP contribution in [0, 0.1) is 0 Å². The second kappa shape index (κ2) is 7.89. The third kappa shape index (κ3) is 4.33. The molecule has 3 rings (SSSR count). The smallest absolute Gasteiger partial charge is 0.255 e. The summed E-state index contributed by atoms with van der Waals surface area (Å²) < 4.78 is 5.37. The summed E-state index contributed by atoms with van der Waals surface area (Å²) >= 11 is 6.41. The van der Waals surface area contributed by atoms with Gasteiger partial charge in [0.15, 0.2) is 0 Å². The largest absolute Gasteiger partial charge is 0.378 e. The van der Waals surface area contributed by atoms with Crippen LogP contribution in [0.15, 0.2) is 42.5 Å². The number of amides is 1. The SMILES string of the molecule is CC(C)c1ccc(C(=O)Nc2ccc(N3CCOCC3)c(Cl)c2)cc1. The number of halogens is 1. The van der Waals surface area contributed by atoms with E-state index in [0.29, 0.717) is 35.4 Å². The highest BCUT2D eigenvalue weighted by Gasteiger charge is 2.15. The van der Waals surface area contributed by atoms with E-state index in [4.69, 9.17) is 16.3 Å². The number of benzene rings is 2. The molecule has 1 amide bonds. The van der Waals surface area contributed by atoms with Crippen LogP contribution in [-0.4, -0.2) is 32.2 Å². The topological polar surface area (TPSA) is 41.6 Å². The van der Waals surface area contributed by atoms with Crippen LogP contribution in [0.25, 0.3) is 0 Å². The van der Waals surface area contributed by atoms with E-state index in [-0.39, 0.29) is 5.91 Å². The van der Waals surface area contributed by atoms with Crippen LogP contribution >= 0.6 is 11.6 Å². The minimum Gasteiger partial charge on any atom is -0.378 e. The lowest BCUT2D eigenvalue weighted by molar-refractivity contribution is 0.102. The molecule has 0 radical (unpaired) electrons. The van der Waals surface area contributed by atoms with Crippen LogP contribution in [0.4, 0.5) is 11.4 Å². The molecule has 5 heteroatoms. The first kappa shape index (κ1) is 17.8. The van der Waals surface area contributed by atoms with E-state index < -0.39 is 0 Å². The summed E-state index contributed by atoms with van der Waals surface area (Å²) in [5, 5.41) is 3.55. The van der Waals surface area contributed by atoms with Crippen molar-refractivity contribution in [2.24, 2.45) is 0 Å². The average molecular weight is 359 g/mol. The molecule has 2 aromatic rings. The van der Waals surface area contributed by atoms with Gasteiger partial charge in [-0.15, -0.1) is 0 Å². The zero-order valence-electron chi connectivity index (χ0n) is 14.6. The zero-order valence-corrected chi connectivity index (χ0v) is 15.3. The predicted molar refractivity (Wildman–Crippen MR) is 103 cm³/mol. The molecule has 0 aromatic heterocycles.